The zero-order valence-corrected chi connectivity index (χ0v) is 30.1. The van der Waals surface area contributed by atoms with Crippen LogP contribution in [0.4, 0.5) is 27.8 Å². The van der Waals surface area contributed by atoms with Gasteiger partial charge >= 0.3 is 18.1 Å². The Balaban J connectivity index is 1.41. The highest BCUT2D eigenvalue weighted by Crippen LogP contribution is 2.43. The molecule has 2 atom stereocenters. The lowest BCUT2D eigenvalue weighted by molar-refractivity contribution is -0.191. The van der Waals surface area contributed by atoms with Crippen LogP contribution in [0, 0.1) is 24.0 Å². The summed E-state index contributed by atoms with van der Waals surface area (Å²) in [5.41, 5.74) is -0.826. The molecular formula is C37H36BrF5N6O3. The number of piperazine rings is 1. The third-order valence-electron chi connectivity index (χ3n) is 10.8. The number of fused-ring (bicyclic) bond motifs is 3. The van der Waals surface area contributed by atoms with Gasteiger partial charge in [0.05, 0.1) is 16.5 Å². The Hall–Kier alpha value is -4.29. The number of nitrogens with zero attached hydrogens (tertiary/aromatic N) is 6. The van der Waals surface area contributed by atoms with Gasteiger partial charge in [-0.3, -0.25) is 9.69 Å². The van der Waals surface area contributed by atoms with Gasteiger partial charge in [-0.2, -0.15) is 23.1 Å². The summed E-state index contributed by atoms with van der Waals surface area (Å²) in [5, 5.41) is 11.3. The summed E-state index contributed by atoms with van der Waals surface area (Å²) in [6.45, 7) is 5.48. The van der Waals surface area contributed by atoms with Gasteiger partial charge in [0.15, 0.2) is 5.82 Å². The molecule has 2 aromatic heterocycles. The Bertz CT molecular complexity index is 2100. The molecule has 3 aliphatic heterocycles. The number of phenolic OH excluding ortho intramolecular Hbond substituents is 1. The number of halogens is 6. The van der Waals surface area contributed by atoms with E-state index in [9.17, 15) is 27.5 Å². The maximum absolute atomic E-state index is 17.1. The second kappa shape index (κ2) is 13.6. The van der Waals surface area contributed by atoms with Crippen molar-refractivity contribution in [3.63, 3.8) is 0 Å². The van der Waals surface area contributed by atoms with Crippen molar-refractivity contribution >= 4 is 49.3 Å². The van der Waals surface area contributed by atoms with E-state index in [2.05, 4.69) is 36.7 Å². The average molecular weight is 788 g/mol. The van der Waals surface area contributed by atoms with Crippen LogP contribution in [0.25, 0.3) is 32.9 Å². The molecular weight excluding hydrogens is 751 g/mol. The van der Waals surface area contributed by atoms with Crippen molar-refractivity contribution in [2.24, 2.45) is 0 Å². The van der Waals surface area contributed by atoms with E-state index in [1.807, 2.05) is 0 Å². The fourth-order valence-electron chi connectivity index (χ4n) is 8.34. The molecule has 0 radical (unpaired) electrons. The first-order chi connectivity index (χ1) is 24.8. The number of aromatic nitrogens is 3. The van der Waals surface area contributed by atoms with E-state index in [1.54, 1.807) is 18.7 Å². The monoisotopic (exact) mass is 786 g/mol. The highest BCUT2D eigenvalue weighted by molar-refractivity contribution is 9.10. The second-order valence-electron chi connectivity index (χ2n) is 13.7. The van der Waals surface area contributed by atoms with E-state index in [-0.39, 0.29) is 93.4 Å². The number of hydrogen-bond acceptors (Lipinski definition) is 8. The molecule has 0 spiro atoms. The van der Waals surface area contributed by atoms with Crippen molar-refractivity contribution in [3.05, 3.63) is 46.1 Å². The van der Waals surface area contributed by atoms with Crippen molar-refractivity contribution in [2.75, 3.05) is 37.7 Å². The number of terminal acetylenes is 1. The quantitative estimate of drug-likeness (QED) is 0.118. The standard InChI is InChI=1S/C37H36BrF5N6O3/c1-4-21-17-47(18-22(5-2)49(21)34(51)37(41,42)43)33-28-31(45-35(46-33)52-19-36-11-7-13-48(36)14-8-12-36)29(40)30(44-32(28)38)25-16-23(50)15-20-9-10-26(39)24(6-3)27(20)25/h3,9-10,15-16,21-22,50H,4-5,7-8,11-14,17-19H2,1-2H3. The number of hydrogen-bond donors (Lipinski definition) is 1. The number of phenols is 1. The van der Waals surface area contributed by atoms with Crippen LogP contribution in [-0.4, -0.2) is 92.4 Å². The van der Waals surface area contributed by atoms with Gasteiger partial charge in [0.2, 0.25) is 0 Å². The molecule has 2 aromatic carbocycles. The summed E-state index contributed by atoms with van der Waals surface area (Å²) >= 11 is 3.49. The fourth-order valence-corrected chi connectivity index (χ4v) is 8.88. The number of carbonyl (C=O) groups excluding carboxylic acids is 1. The van der Waals surface area contributed by atoms with Crippen molar-refractivity contribution in [3.8, 4) is 35.4 Å². The van der Waals surface area contributed by atoms with Crippen molar-refractivity contribution in [1.29, 1.82) is 0 Å². The van der Waals surface area contributed by atoms with Gasteiger partial charge in [-0.25, -0.2) is 13.8 Å². The van der Waals surface area contributed by atoms with Gasteiger partial charge in [-0.15, -0.1) is 6.42 Å². The lowest BCUT2D eigenvalue weighted by atomic mass is 9.95. The molecule has 7 rings (SSSR count). The van der Waals surface area contributed by atoms with Crippen LogP contribution in [0.2, 0.25) is 0 Å². The van der Waals surface area contributed by atoms with E-state index < -0.39 is 35.8 Å². The Kier molecular flexibility index (Phi) is 9.44. The van der Waals surface area contributed by atoms with Crippen molar-refractivity contribution in [2.45, 2.75) is 76.2 Å². The average Bonchev–Trinajstić information content (AvgIpc) is 3.71. The smallest absolute Gasteiger partial charge is 0.471 e. The molecule has 3 fully saturated rings. The normalized spacial score (nSPS) is 20.4. The van der Waals surface area contributed by atoms with Crippen LogP contribution in [0.15, 0.2) is 28.9 Å². The number of benzene rings is 2. The second-order valence-corrected chi connectivity index (χ2v) is 14.5. The molecule has 9 nitrogen and oxygen atoms in total. The number of pyridine rings is 1. The first kappa shape index (κ1) is 36.1. The zero-order valence-electron chi connectivity index (χ0n) is 28.5. The highest BCUT2D eigenvalue weighted by atomic mass is 79.9. The van der Waals surface area contributed by atoms with Gasteiger partial charge < -0.3 is 19.6 Å². The maximum Gasteiger partial charge on any atom is 0.471 e. The molecule has 1 N–H and O–H groups in total. The lowest BCUT2D eigenvalue weighted by Gasteiger charge is -2.47. The minimum Gasteiger partial charge on any atom is -0.508 e. The lowest BCUT2D eigenvalue weighted by Crippen LogP contribution is -2.63. The predicted molar refractivity (Wildman–Crippen MR) is 189 cm³/mol. The van der Waals surface area contributed by atoms with E-state index in [4.69, 9.17) is 16.1 Å². The van der Waals surface area contributed by atoms with E-state index in [0.29, 0.717) is 5.39 Å². The number of ether oxygens (including phenoxy) is 1. The van der Waals surface area contributed by atoms with Crippen molar-refractivity contribution in [1.82, 2.24) is 24.8 Å². The SMILES string of the molecule is C#Cc1c(F)ccc2cc(O)cc(-c3nc(Br)c4c(N5CC(CC)N(C(=O)C(F)(F)F)C(CC)C5)nc(OCC56CCCN5CCC6)nc4c3F)c12. The largest absolute Gasteiger partial charge is 0.508 e. The van der Waals surface area contributed by atoms with Crippen LogP contribution in [0.1, 0.15) is 57.9 Å². The van der Waals surface area contributed by atoms with Gasteiger partial charge in [-0.05, 0) is 91.1 Å². The molecule has 274 valence electrons. The maximum atomic E-state index is 17.1. The van der Waals surface area contributed by atoms with Gasteiger partial charge in [0, 0.05) is 36.1 Å². The fraction of sp³-hybridized carbons (Fsp3) is 0.459. The number of alkyl halides is 3. The number of amides is 1. The van der Waals surface area contributed by atoms with E-state index in [0.717, 1.165) is 49.7 Å². The number of anilines is 1. The molecule has 0 bridgehead atoms. The van der Waals surface area contributed by atoms with Gasteiger partial charge in [0.25, 0.3) is 0 Å². The molecule has 1 amide bonds. The third-order valence-corrected chi connectivity index (χ3v) is 11.4. The first-order valence-electron chi connectivity index (χ1n) is 17.3. The molecule has 15 heteroatoms. The molecule has 3 aliphatic rings. The van der Waals surface area contributed by atoms with Crippen LogP contribution < -0.4 is 9.64 Å². The van der Waals surface area contributed by atoms with Crippen LogP contribution in [0.3, 0.4) is 0 Å². The summed E-state index contributed by atoms with van der Waals surface area (Å²) in [5.74, 6) is -1.29. The van der Waals surface area contributed by atoms with Crippen LogP contribution >= 0.6 is 15.9 Å². The Morgan fingerprint density at radius 1 is 1.06 bits per heavy atom. The molecule has 52 heavy (non-hydrogen) atoms. The van der Waals surface area contributed by atoms with Crippen LogP contribution in [-0.2, 0) is 4.79 Å². The van der Waals surface area contributed by atoms with Gasteiger partial charge in [0.1, 0.15) is 39.8 Å². The first-order valence-corrected chi connectivity index (χ1v) is 18.1. The molecule has 4 aromatic rings. The predicted octanol–water partition coefficient (Wildman–Crippen LogP) is 7.35. The van der Waals surface area contributed by atoms with Gasteiger partial charge in [-0.1, -0.05) is 25.8 Å². The summed E-state index contributed by atoms with van der Waals surface area (Å²) in [7, 11) is 0. The highest BCUT2D eigenvalue weighted by Gasteiger charge is 2.49. The molecule has 3 saturated heterocycles. The minimum atomic E-state index is -5.05. The zero-order chi connectivity index (χ0) is 37.1. The Labute approximate surface area is 305 Å². The molecule has 5 heterocycles. The number of aromatic hydroxyl groups is 1. The van der Waals surface area contributed by atoms with E-state index >= 15 is 4.39 Å². The number of rotatable bonds is 7. The summed E-state index contributed by atoms with van der Waals surface area (Å²) in [6.07, 6.45) is 4.95. The Morgan fingerprint density at radius 3 is 2.35 bits per heavy atom. The topological polar surface area (TPSA) is 94.9 Å². The van der Waals surface area contributed by atoms with Crippen LogP contribution in [0.5, 0.6) is 11.8 Å². The molecule has 0 saturated carbocycles. The van der Waals surface area contributed by atoms with E-state index in [1.165, 1.54) is 18.2 Å². The number of carbonyl (C=O) groups is 1. The summed E-state index contributed by atoms with van der Waals surface area (Å²) in [6, 6.07) is 3.40. The molecule has 0 aliphatic carbocycles. The molecule has 2 unspecified atom stereocenters. The summed E-state index contributed by atoms with van der Waals surface area (Å²) in [4.78, 5) is 31.5. The third kappa shape index (κ3) is 6.07. The summed E-state index contributed by atoms with van der Waals surface area (Å²) < 4.78 is 79.8. The Morgan fingerprint density at radius 2 is 1.73 bits per heavy atom. The van der Waals surface area contributed by atoms with Crippen molar-refractivity contribution < 1.29 is 36.6 Å². The minimum absolute atomic E-state index is 0.0213.